The van der Waals surface area contributed by atoms with Crippen LogP contribution in [0.5, 0.6) is 5.75 Å². The van der Waals surface area contributed by atoms with Gasteiger partial charge in [-0.15, -0.1) is 0 Å². The van der Waals surface area contributed by atoms with Crippen LogP contribution in [-0.4, -0.2) is 12.6 Å². The second-order valence-corrected chi connectivity index (χ2v) is 5.26. The fourth-order valence-corrected chi connectivity index (χ4v) is 2.69. The van der Waals surface area contributed by atoms with Gasteiger partial charge in [-0.2, -0.15) is 0 Å². The maximum atomic E-state index is 6.26. The van der Waals surface area contributed by atoms with Gasteiger partial charge >= 0.3 is 0 Å². The Morgan fingerprint density at radius 1 is 1.35 bits per heavy atom. The van der Waals surface area contributed by atoms with E-state index in [1.165, 1.54) is 0 Å². The maximum absolute atomic E-state index is 6.26. The van der Waals surface area contributed by atoms with Crippen LogP contribution in [0.2, 0.25) is 10.0 Å². The molecule has 1 aliphatic rings. The number of nitrogens with one attached hydrogen (secondary N) is 1. The van der Waals surface area contributed by atoms with Crippen LogP contribution >= 0.6 is 23.2 Å². The number of ether oxygens (including phenoxy) is 1. The molecule has 0 saturated carbocycles. The molecule has 0 aromatic heterocycles. The van der Waals surface area contributed by atoms with Crippen LogP contribution in [0.4, 0.5) is 0 Å². The van der Waals surface area contributed by atoms with E-state index in [1.807, 2.05) is 6.07 Å². The Morgan fingerprint density at radius 2 is 2.06 bits per heavy atom. The minimum Gasteiger partial charge on any atom is -0.489 e. The lowest BCUT2D eigenvalue weighted by Crippen LogP contribution is -2.32. The highest BCUT2D eigenvalue weighted by atomic mass is 35.5. The van der Waals surface area contributed by atoms with Crippen molar-refractivity contribution in [3.63, 3.8) is 0 Å². The minimum atomic E-state index is 0.160. The molecule has 1 aliphatic heterocycles. The lowest BCUT2D eigenvalue weighted by atomic mass is 9.97. The van der Waals surface area contributed by atoms with Crippen LogP contribution < -0.4 is 10.1 Å². The molecule has 2 unspecified atom stereocenters. The zero-order valence-corrected chi connectivity index (χ0v) is 11.6. The molecule has 17 heavy (non-hydrogen) atoms. The van der Waals surface area contributed by atoms with Gasteiger partial charge in [0, 0.05) is 23.0 Å². The molecule has 4 heteroatoms. The van der Waals surface area contributed by atoms with Gasteiger partial charge in [0.15, 0.2) is 0 Å². The monoisotopic (exact) mass is 273 g/mol. The van der Waals surface area contributed by atoms with E-state index in [0.717, 1.165) is 35.7 Å². The van der Waals surface area contributed by atoms with Gasteiger partial charge in [0.25, 0.3) is 0 Å². The van der Waals surface area contributed by atoms with E-state index in [9.17, 15) is 0 Å². The SMILES string of the molecule is CCCNC1CC(C)Oc2c(Cl)ccc(Cl)c21. The number of rotatable bonds is 3. The Bertz CT molecular complexity index is 409. The van der Waals surface area contributed by atoms with E-state index >= 15 is 0 Å². The number of fused-ring (bicyclic) bond motifs is 1. The lowest BCUT2D eigenvalue weighted by molar-refractivity contribution is 0.167. The second-order valence-electron chi connectivity index (χ2n) is 4.44. The second kappa shape index (κ2) is 5.47. The molecular formula is C13H17Cl2NO. The first-order chi connectivity index (χ1) is 8.13. The summed E-state index contributed by atoms with van der Waals surface area (Å²) in [7, 11) is 0. The molecule has 0 aliphatic carbocycles. The largest absolute Gasteiger partial charge is 0.489 e. The quantitative estimate of drug-likeness (QED) is 0.891. The van der Waals surface area contributed by atoms with Crippen LogP contribution in [0.3, 0.4) is 0 Å². The van der Waals surface area contributed by atoms with E-state index in [1.54, 1.807) is 6.07 Å². The molecule has 2 atom stereocenters. The van der Waals surface area contributed by atoms with Gasteiger partial charge in [-0.25, -0.2) is 0 Å². The number of benzene rings is 1. The topological polar surface area (TPSA) is 21.3 Å². The van der Waals surface area contributed by atoms with E-state index < -0.39 is 0 Å². The summed E-state index contributed by atoms with van der Waals surface area (Å²) in [6, 6.07) is 3.86. The van der Waals surface area contributed by atoms with Crippen LogP contribution in [0.15, 0.2) is 12.1 Å². The summed E-state index contributed by atoms with van der Waals surface area (Å²) in [4.78, 5) is 0. The summed E-state index contributed by atoms with van der Waals surface area (Å²) in [6.07, 6.45) is 2.18. The summed E-state index contributed by atoms with van der Waals surface area (Å²) in [6.45, 7) is 5.18. The highest BCUT2D eigenvalue weighted by molar-refractivity contribution is 6.35. The minimum absolute atomic E-state index is 0.160. The molecule has 1 heterocycles. The third kappa shape index (κ3) is 2.70. The fraction of sp³-hybridized carbons (Fsp3) is 0.538. The number of halogens is 2. The van der Waals surface area contributed by atoms with E-state index in [4.69, 9.17) is 27.9 Å². The van der Waals surface area contributed by atoms with Gasteiger partial charge in [0.05, 0.1) is 11.1 Å². The molecule has 2 nitrogen and oxygen atoms in total. The van der Waals surface area contributed by atoms with Crippen molar-refractivity contribution in [2.45, 2.75) is 38.8 Å². The molecule has 1 N–H and O–H groups in total. The molecule has 0 saturated heterocycles. The van der Waals surface area contributed by atoms with Crippen molar-refractivity contribution < 1.29 is 4.74 Å². The smallest absolute Gasteiger partial charge is 0.144 e. The third-order valence-corrected chi connectivity index (χ3v) is 3.60. The van der Waals surface area contributed by atoms with Crippen LogP contribution in [0, 0.1) is 0 Å². The van der Waals surface area contributed by atoms with Gasteiger partial charge in [-0.1, -0.05) is 30.1 Å². The lowest BCUT2D eigenvalue weighted by Gasteiger charge is -2.32. The Labute approximate surface area is 112 Å². The van der Waals surface area contributed by atoms with Crippen molar-refractivity contribution in [3.05, 3.63) is 27.7 Å². The Kier molecular flexibility index (Phi) is 4.18. The van der Waals surface area contributed by atoms with Crippen molar-refractivity contribution in [1.82, 2.24) is 5.32 Å². The summed E-state index contributed by atoms with van der Waals surface area (Å²) < 4.78 is 5.80. The number of hydrogen-bond donors (Lipinski definition) is 1. The molecular weight excluding hydrogens is 257 g/mol. The van der Waals surface area contributed by atoms with Gasteiger partial charge in [-0.3, -0.25) is 0 Å². The van der Waals surface area contributed by atoms with Crippen LogP contribution in [0.1, 0.15) is 38.3 Å². The van der Waals surface area contributed by atoms with Crippen molar-refractivity contribution in [1.29, 1.82) is 0 Å². The first kappa shape index (κ1) is 13.0. The standard InChI is InChI=1S/C13H17Cl2NO/c1-3-6-16-11-7-8(2)17-13-10(15)5-4-9(14)12(11)13/h4-5,8,11,16H,3,6-7H2,1-2H3. The Balaban J connectivity index is 2.37. The molecule has 2 rings (SSSR count). The zero-order valence-electron chi connectivity index (χ0n) is 10.1. The van der Waals surface area contributed by atoms with Crippen LogP contribution in [-0.2, 0) is 0 Å². The van der Waals surface area contributed by atoms with Gasteiger partial charge in [0.1, 0.15) is 5.75 Å². The van der Waals surface area contributed by atoms with Crippen molar-refractivity contribution in [2.24, 2.45) is 0 Å². The molecule has 1 aromatic carbocycles. The summed E-state index contributed by atoms with van der Waals surface area (Å²) in [5, 5.41) is 4.87. The normalized spacial score (nSPS) is 23.1. The molecule has 0 fully saturated rings. The molecule has 0 amide bonds. The predicted molar refractivity (Wildman–Crippen MR) is 72.2 cm³/mol. The maximum Gasteiger partial charge on any atom is 0.144 e. The van der Waals surface area contributed by atoms with Gasteiger partial charge in [0.2, 0.25) is 0 Å². The first-order valence-corrected chi connectivity index (χ1v) is 6.77. The fourth-order valence-electron chi connectivity index (χ4n) is 2.20. The summed E-state index contributed by atoms with van der Waals surface area (Å²) in [5.74, 6) is 0.742. The van der Waals surface area contributed by atoms with Gasteiger partial charge < -0.3 is 10.1 Å². The van der Waals surface area contributed by atoms with Crippen molar-refractivity contribution in [2.75, 3.05) is 6.54 Å². The first-order valence-electron chi connectivity index (χ1n) is 6.01. The van der Waals surface area contributed by atoms with Gasteiger partial charge in [-0.05, 0) is 32.0 Å². The van der Waals surface area contributed by atoms with E-state index in [2.05, 4.69) is 19.2 Å². The summed E-state index contributed by atoms with van der Waals surface area (Å²) >= 11 is 12.4. The van der Waals surface area contributed by atoms with E-state index in [-0.39, 0.29) is 12.1 Å². The highest BCUT2D eigenvalue weighted by Crippen LogP contribution is 2.43. The molecule has 0 spiro atoms. The zero-order chi connectivity index (χ0) is 12.4. The predicted octanol–water partition coefficient (Wildman–Crippen LogP) is 4.21. The number of hydrogen-bond acceptors (Lipinski definition) is 2. The molecule has 0 bridgehead atoms. The molecule has 1 aromatic rings. The Hall–Kier alpha value is -0.440. The van der Waals surface area contributed by atoms with Crippen molar-refractivity contribution in [3.8, 4) is 5.75 Å². The Morgan fingerprint density at radius 3 is 2.76 bits per heavy atom. The summed E-state index contributed by atoms with van der Waals surface area (Å²) in [5.41, 5.74) is 1.01. The third-order valence-electron chi connectivity index (χ3n) is 2.97. The molecule has 94 valence electrons. The highest BCUT2D eigenvalue weighted by Gasteiger charge is 2.29. The van der Waals surface area contributed by atoms with E-state index in [0.29, 0.717) is 5.02 Å². The average molecular weight is 274 g/mol. The molecule has 0 radical (unpaired) electrons. The van der Waals surface area contributed by atoms with Crippen LogP contribution in [0.25, 0.3) is 0 Å². The average Bonchev–Trinajstić information content (AvgIpc) is 2.30. The van der Waals surface area contributed by atoms with Crippen molar-refractivity contribution >= 4 is 23.2 Å².